The number of rotatable bonds is 6. The highest BCUT2D eigenvalue weighted by Crippen LogP contribution is 2.14. The molecule has 1 amide bonds. The number of carbonyl (C=O) groups excluding carboxylic acids is 1. The summed E-state index contributed by atoms with van der Waals surface area (Å²) in [5, 5.41) is 9.06. The summed E-state index contributed by atoms with van der Waals surface area (Å²) in [6.07, 6.45) is 0.897. The van der Waals surface area contributed by atoms with Gasteiger partial charge in [0.1, 0.15) is 12.6 Å². The minimum atomic E-state index is -0.831. The van der Waals surface area contributed by atoms with E-state index in [-0.39, 0.29) is 17.0 Å². The van der Waals surface area contributed by atoms with Crippen molar-refractivity contribution < 1.29 is 14.4 Å². The molecule has 4 nitrogen and oxygen atoms in total. The minimum Gasteiger partial charge on any atom is -0.394 e. The van der Waals surface area contributed by atoms with Crippen molar-refractivity contribution in [3.63, 3.8) is 0 Å². The first-order valence-electron chi connectivity index (χ1n) is 7.78. The molecule has 23 heavy (non-hydrogen) atoms. The number of likely N-dealkylation sites (N-methyl/N-ethyl adjacent to an activating group) is 1. The fraction of sp³-hybridized carbons (Fsp3) is 0.316. The van der Waals surface area contributed by atoms with Crippen LogP contribution in [0.2, 0.25) is 0 Å². The summed E-state index contributed by atoms with van der Waals surface area (Å²) >= 11 is 0. The highest BCUT2D eigenvalue weighted by molar-refractivity contribution is 5.74. The van der Waals surface area contributed by atoms with E-state index in [1.165, 1.54) is 11.1 Å². The fourth-order valence-corrected chi connectivity index (χ4v) is 2.66. The van der Waals surface area contributed by atoms with Gasteiger partial charge in [0.2, 0.25) is 0 Å². The Hall–Kier alpha value is -2.01. The van der Waals surface area contributed by atoms with E-state index in [9.17, 15) is 4.79 Å². The Morgan fingerprint density at radius 2 is 1.52 bits per heavy atom. The van der Waals surface area contributed by atoms with E-state index in [0.29, 0.717) is 6.54 Å². The lowest BCUT2D eigenvalue weighted by Crippen LogP contribution is -2.54. The topological polar surface area (TPSA) is 63.3 Å². The normalized spacial score (nSPS) is 12.9. The number of hydrogen-bond acceptors (Lipinski definition) is 3. The highest BCUT2D eigenvalue weighted by Gasteiger charge is 2.31. The van der Waals surface area contributed by atoms with E-state index in [0.717, 1.165) is 12.0 Å². The van der Waals surface area contributed by atoms with Crippen LogP contribution in [0, 0.1) is 0 Å². The molecule has 2 aromatic rings. The molecule has 122 valence electrons. The number of amides is 1. The number of aliphatic hydroxyl groups excluding tert-OH is 1. The largest absolute Gasteiger partial charge is 0.394 e. The molecule has 0 aliphatic heterocycles. The van der Waals surface area contributed by atoms with Gasteiger partial charge in [-0.15, -0.1) is 0 Å². The summed E-state index contributed by atoms with van der Waals surface area (Å²) in [4.78, 5) is 12.2. The number of hydrogen-bond donors (Lipinski definition) is 2. The molecular formula is C19H25N2O2+. The van der Waals surface area contributed by atoms with Crippen LogP contribution in [0.5, 0.6) is 0 Å². The molecule has 1 unspecified atom stereocenters. The van der Waals surface area contributed by atoms with E-state index in [1.54, 1.807) is 0 Å². The Kier molecular flexibility index (Phi) is 5.66. The zero-order chi connectivity index (χ0) is 16.9. The van der Waals surface area contributed by atoms with Crippen LogP contribution in [-0.4, -0.2) is 42.2 Å². The molecule has 0 spiro atoms. The van der Waals surface area contributed by atoms with Crippen LogP contribution in [0.15, 0.2) is 54.6 Å². The van der Waals surface area contributed by atoms with Gasteiger partial charge in [0, 0.05) is 5.56 Å². The molecule has 4 heteroatoms. The minimum absolute atomic E-state index is 0.125. The summed E-state index contributed by atoms with van der Waals surface area (Å²) in [7, 11) is 3.63. The van der Waals surface area contributed by atoms with Crippen LogP contribution in [-0.2, 0) is 17.8 Å². The molecule has 1 atom stereocenters. The van der Waals surface area contributed by atoms with Crippen LogP contribution >= 0.6 is 0 Å². The number of nitrogens with zero attached hydrogens (tertiary/aromatic N) is 1. The predicted octanol–water partition coefficient (Wildman–Crippen LogP) is 1.70. The Bertz CT molecular complexity index is 636. The zero-order valence-corrected chi connectivity index (χ0v) is 13.8. The zero-order valence-electron chi connectivity index (χ0n) is 13.8. The van der Waals surface area contributed by atoms with Crippen molar-refractivity contribution >= 4 is 5.91 Å². The SMILES string of the molecule is C[N+](C)(Cc1ccc(Cc2ccccc2)cc1)C(=O)C(N)CO. The van der Waals surface area contributed by atoms with Gasteiger partial charge in [-0.25, -0.2) is 4.79 Å². The molecule has 0 saturated carbocycles. The van der Waals surface area contributed by atoms with Gasteiger partial charge in [-0.2, -0.15) is 0 Å². The van der Waals surface area contributed by atoms with Gasteiger partial charge in [-0.3, -0.25) is 4.48 Å². The monoisotopic (exact) mass is 313 g/mol. The molecule has 3 N–H and O–H groups in total. The molecule has 0 aromatic heterocycles. The second-order valence-electron chi connectivity index (χ2n) is 6.45. The Morgan fingerprint density at radius 3 is 2.09 bits per heavy atom. The van der Waals surface area contributed by atoms with Gasteiger partial charge in [0.25, 0.3) is 0 Å². The van der Waals surface area contributed by atoms with E-state index < -0.39 is 6.04 Å². The third-order valence-corrected chi connectivity index (χ3v) is 3.96. The molecule has 0 saturated heterocycles. The van der Waals surface area contributed by atoms with Crippen molar-refractivity contribution in [2.45, 2.75) is 19.0 Å². The number of carbonyl (C=O) groups is 1. The van der Waals surface area contributed by atoms with Crippen LogP contribution in [0.4, 0.5) is 0 Å². The lowest BCUT2D eigenvalue weighted by molar-refractivity contribution is -0.828. The van der Waals surface area contributed by atoms with Crippen LogP contribution < -0.4 is 5.73 Å². The second kappa shape index (κ2) is 7.51. The van der Waals surface area contributed by atoms with Crippen molar-refractivity contribution in [2.75, 3.05) is 20.7 Å². The number of benzene rings is 2. The van der Waals surface area contributed by atoms with Gasteiger partial charge in [0.15, 0.2) is 0 Å². The smallest absolute Gasteiger partial charge is 0.332 e. The molecular weight excluding hydrogens is 288 g/mol. The van der Waals surface area contributed by atoms with E-state index in [2.05, 4.69) is 36.4 Å². The average Bonchev–Trinajstić information content (AvgIpc) is 2.56. The molecule has 0 aliphatic rings. The highest BCUT2D eigenvalue weighted by atomic mass is 16.3. The molecule has 2 rings (SSSR count). The van der Waals surface area contributed by atoms with Crippen molar-refractivity contribution in [1.82, 2.24) is 0 Å². The molecule has 2 aromatic carbocycles. The number of aliphatic hydroxyl groups is 1. The molecule has 0 heterocycles. The molecule has 0 aliphatic carbocycles. The Morgan fingerprint density at radius 1 is 1.00 bits per heavy atom. The van der Waals surface area contributed by atoms with Crippen molar-refractivity contribution in [3.8, 4) is 0 Å². The maximum Gasteiger partial charge on any atom is 0.332 e. The first-order valence-corrected chi connectivity index (χ1v) is 7.78. The van der Waals surface area contributed by atoms with E-state index in [1.807, 2.05) is 32.3 Å². The van der Waals surface area contributed by atoms with Gasteiger partial charge in [0.05, 0.1) is 20.7 Å². The lowest BCUT2D eigenvalue weighted by Gasteiger charge is -2.28. The number of nitrogens with two attached hydrogens (primary N) is 1. The third-order valence-electron chi connectivity index (χ3n) is 3.96. The maximum absolute atomic E-state index is 12.2. The predicted molar refractivity (Wildman–Crippen MR) is 91.6 cm³/mol. The second-order valence-corrected chi connectivity index (χ2v) is 6.45. The number of quaternary nitrogens is 1. The fourth-order valence-electron chi connectivity index (χ4n) is 2.66. The van der Waals surface area contributed by atoms with Crippen LogP contribution in [0.3, 0.4) is 0 Å². The van der Waals surface area contributed by atoms with Gasteiger partial charge in [-0.05, 0) is 17.5 Å². The maximum atomic E-state index is 12.2. The van der Waals surface area contributed by atoms with Crippen molar-refractivity contribution in [2.24, 2.45) is 5.73 Å². The Balaban J connectivity index is 2.03. The average molecular weight is 313 g/mol. The summed E-state index contributed by atoms with van der Waals surface area (Å²) in [6.45, 7) is 0.231. The summed E-state index contributed by atoms with van der Waals surface area (Å²) in [6, 6.07) is 17.8. The van der Waals surface area contributed by atoms with Crippen LogP contribution in [0.25, 0.3) is 0 Å². The van der Waals surface area contributed by atoms with Crippen LogP contribution in [0.1, 0.15) is 16.7 Å². The first kappa shape index (κ1) is 17.3. The summed E-state index contributed by atoms with van der Waals surface area (Å²) < 4.78 is 0.125. The molecule has 0 radical (unpaired) electrons. The summed E-state index contributed by atoms with van der Waals surface area (Å²) in [5.74, 6) is -0.166. The molecule has 0 bridgehead atoms. The lowest BCUT2D eigenvalue weighted by atomic mass is 10.0. The van der Waals surface area contributed by atoms with Crippen molar-refractivity contribution in [1.29, 1.82) is 0 Å². The van der Waals surface area contributed by atoms with E-state index >= 15 is 0 Å². The van der Waals surface area contributed by atoms with E-state index in [4.69, 9.17) is 10.8 Å². The third kappa shape index (κ3) is 4.73. The quantitative estimate of drug-likeness (QED) is 0.798. The van der Waals surface area contributed by atoms with Crippen molar-refractivity contribution in [3.05, 3.63) is 71.3 Å². The summed E-state index contributed by atoms with van der Waals surface area (Å²) in [5.41, 5.74) is 9.24. The van der Waals surface area contributed by atoms with Gasteiger partial charge in [-0.1, -0.05) is 54.6 Å². The van der Waals surface area contributed by atoms with Gasteiger partial charge < -0.3 is 10.8 Å². The standard InChI is InChI=1S/C19H25N2O2/c1-21(2,19(23)18(20)14-22)13-17-10-8-16(9-11-17)12-15-6-4-3-5-7-15/h3-11,18,22H,12-14,20H2,1-2H3/q+1. The van der Waals surface area contributed by atoms with Gasteiger partial charge >= 0.3 is 5.91 Å². The first-order chi connectivity index (χ1) is 10.9. The Labute approximate surface area is 137 Å². The molecule has 0 fully saturated rings.